The van der Waals surface area contributed by atoms with Crippen LogP contribution in [0.2, 0.25) is 0 Å². The number of aromatic amines is 1. The maximum atomic E-state index is 13.2. The number of carbonyl (C=O) groups excluding carboxylic acids is 1. The first-order valence-electron chi connectivity index (χ1n) is 9.30. The van der Waals surface area contributed by atoms with Gasteiger partial charge < -0.3 is 14.6 Å². The van der Waals surface area contributed by atoms with Crippen molar-refractivity contribution in [2.75, 3.05) is 13.7 Å². The minimum absolute atomic E-state index is 0.0518. The predicted octanol–water partition coefficient (Wildman–Crippen LogP) is 2.62. The van der Waals surface area contributed by atoms with Crippen LogP contribution in [0.5, 0.6) is 5.88 Å². The van der Waals surface area contributed by atoms with Gasteiger partial charge in [0.1, 0.15) is 11.3 Å². The molecule has 8 nitrogen and oxygen atoms in total. The molecule has 0 aliphatic carbocycles. The number of hydrogen-bond acceptors (Lipinski definition) is 6. The Morgan fingerprint density at radius 3 is 2.86 bits per heavy atom. The molecule has 1 amide bonds. The standard InChI is InChI=1S/C21H18N6O2/c1-29-18-6-5-13(11-24-18)20-25-15-7-10-27(12-17(15)26-20)21(28)14-3-2-4-16-19(14)23-9-8-22-16/h2-6,8-9,11H,7,10,12H2,1H3,(H,25,26). The highest BCUT2D eigenvalue weighted by molar-refractivity contribution is 6.04. The number of carbonyl (C=O) groups is 1. The maximum Gasteiger partial charge on any atom is 0.256 e. The lowest BCUT2D eigenvalue weighted by Crippen LogP contribution is -2.36. The van der Waals surface area contributed by atoms with Crippen molar-refractivity contribution in [1.29, 1.82) is 0 Å². The Hall–Kier alpha value is -3.81. The van der Waals surface area contributed by atoms with Gasteiger partial charge in [-0.25, -0.2) is 9.97 Å². The summed E-state index contributed by atoms with van der Waals surface area (Å²) in [6, 6.07) is 9.21. The van der Waals surface area contributed by atoms with Gasteiger partial charge in [-0.3, -0.25) is 14.8 Å². The molecular weight excluding hydrogens is 368 g/mol. The van der Waals surface area contributed by atoms with Crippen LogP contribution in [0.3, 0.4) is 0 Å². The fourth-order valence-corrected chi connectivity index (χ4v) is 3.58. The Morgan fingerprint density at radius 1 is 1.14 bits per heavy atom. The molecule has 144 valence electrons. The van der Waals surface area contributed by atoms with Crippen molar-refractivity contribution >= 4 is 16.9 Å². The number of pyridine rings is 1. The van der Waals surface area contributed by atoms with Crippen molar-refractivity contribution in [2.24, 2.45) is 0 Å². The normalized spacial score (nSPS) is 13.3. The third-order valence-electron chi connectivity index (χ3n) is 5.07. The second-order valence-corrected chi connectivity index (χ2v) is 6.81. The van der Waals surface area contributed by atoms with Crippen molar-refractivity contribution < 1.29 is 9.53 Å². The Balaban J connectivity index is 1.42. The van der Waals surface area contributed by atoms with Crippen LogP contribution < -0.4 is 4.74 Å². The van der Waals surface area contributed by atoms with Crippen molar-refractivity contribution in [1.82, 2.24) is 29.8 Å². The smallest absolute Gasteiger partial charge is 0.256 e. The number of H-pyrrole nitrogens is 1. The first kappa shape index (κ1) is 17.3. The molecule has 5 rings (SSSR count). The number of imidazole rings is 1. The number of nitrogens with one attached hydrogen (secondary N) is 1. The van der Waals surface area contributed by atoms with Gasteiger partial charge >= 0.3 is 0 Å². The number of ether oxygens (including phenoxy) is 1. The number of benzene rings is 1. The Labute approximate surface area is 166 Å². The van der Waals surface area contributed by atoms with Gasteiger partial charge in [0.25, 0.3) is 5.91 Å². The van der Waals surface area contributed by atoms with Crippen molar-refractivity contribution in [3.05, 3.63) is 65.9 Å². The zero-order valence-electron chi connectivity index (χ0n) is 15.8. The van der Waals surface area contributed by atoms with Crippen LogP contribution in [0, 0.1) is 0 Å². The van der Waals surface area contributed by atoms with Crippen molar-refractivity contribution in [3.63, 3.8) is 0 Å². The second-order valence-electron chi connectivity index (χ2n) is 6.81. The summed E-state index contributed by atoms with van der Waals surface area (Å²) < 4.78 is 5.10. The fraction of sp³-hybridized carbons (Fsp3) is 0.190. The van der Waals surface area contributed by atoms with Crippen molar-refractivity contribution in [2.45, 2.75) is 13.0 Å². The van der Waals surface area contributed by atoms with E-state index in [0.29, 0.717) is 42.0 Å². The van der Waals surface area contributed by atoms with E-state index in [1.165, 1.54) is 0 Å². The Bertz CT molecular complexity index is 1200. The number of methoxy groups -OCH3 is 1. The molecule has 4 aromatic rings. The molecule has 1 aromatic carbocycles. The zero-order chi connectivity index (χ0) is 19.8. The lowest BCUT2D eigenvalue weighted by Gasteiger charge is -2.26. The van der Waals surface area contributed by atoms with E-state index in [9.17, 15) is 4.79 Å². The highest BCUT2D eigenvalue weighted by Gasteiger charge is 2.26. The summed E-state index contributed by atoms with van der Waals surface area (Å²) in [4.78, 5) is 35.9. The molecular formula is C21H18N6O2. The van der Waals surface area contributed by atoms with Gasteiger partial charge in [0.15, 0.2) is 0 Å². The van der Waals surface area contributed by atoms with E-state index in [2.05, 4.69) is 19.9 Å². The number of para-hydroxylation sites is 1. The minimum atomic E-state index is -0.0518. The van der Waals surface area contributed by atoms with Crippen LogP contribution in [0.25, 0.3) is 22.4 Å². The van der Waals surface area contributed by atoms with Gasteiger partial charge in [-0.2, -0.15) is 0 Å². The van der Waals surface area contributed by atoms with Crippen LogP contribution >= 0.6 is 0 Å². The SMILES string of the molecule is COc1ccc(-c2nc3c([nH]2)CN(C(=O)c2cccc4nccnc24)CC3)cn1. The summed E-state index contributed by atoms with van der Waals surface area (Å²) in [5.41, 5.74) is 4.71. The molecule has 29 heavy (non-hydrogen) atoms. The lowest BCUT2D eigenvalue weighted by atomic mass is 10.1. The van der Waals surface area contributed by atoms with Gasteiger partial charge in [-0.05, 0) is 18.2 Å². The predicted molar refractivity (Wildman–Crippen MR) is 106 cm³/mol. The summed E-state index contributed by atoms with van der Waals surface area (Å²) in [6.45, 7) is 1.08. The fourth-order valence-electron chi connectivity index (χ4n) is 3.58. The van der Waals surface area contributed by atoms with Crippen LogP contribution in [-0.4, -0.2) is 49.4 Å². The summed E-state index contributed by atoms with van der Waals surface area (Å²) in [7, 11) is 1.58. The Morgan fingerprint density at radius 2 is 2.03 bits per heavy atom. The van der Waals surface area contributed by atoms with E-state index in [-0.39, 0.29) is 5.91 Å². The largest absolute Gasteiger partial charge is 0.481 e. The Kier molecular flexibility index (Phi) is 4.16. The van der Waals surface area contributed by atoms with Crippen LogP contribution in [0.15, 0.2) is 48.9 Å². The van der Waals surface area contributed by atoms with Gasteiger partial charge in [0.2, 0.25) is 5.88 Å². The van der Waals surface area contributed by atoms with E-state index in [1.807, 2.05) is 23.1 Å². The first-order valence-corrected chi connectivity index (χ1v) is 9.30. The van der Waals surface area contributed by atoms with Crippen LogP contribution in [-0.2, 0) is 13.0 Å². The quantitative estimate of drug-likeness (QED) is 0.581. The van der Waals surface area contributed by atoms with Gasteiger partial charge in [0, 0.05) is 43.2 Å². The average molecular weight is 386 g/mol. The van der Waals surface area contributed by atoms with Crippen LogP contribution in [0.1, 0.15) is 21.7 Å². The molecule has 0 atom stereocenters. The van der Waals surface area contributed by atoms with Gasteiger partial charge in [0.05, 0.1) is 36.1 Å². The van der Waals surface area contributed by atoms with E-state index in [0.717, 1.165) is 22.8 Å². The molecule has 3 aromatic heterocycles. The van der Waals surface area contributed by atoms with Crippen LogP contribution in [0.4, 0.5) is 0 Å². The lowest BCUT2D eigenvalue weighted by molar-refractivity contribution is 0.0733. The minimum Gasteiger partial charge on any atom is -0.481 e. The number of hydrogen-bond donors (Lipinski definition) is 1. The maximum absolute atomic E-state index is 13.2. The van der Waals surface area contributed by atoms with E-state index >= 15 is 0 Å². The third kappa shape index (κ3) is 3.08. The topological polar surface area (TPSA) is 96.9 Å². The van der Waals surface area contributed by atoms with E-state index < -0.39 is 0 Å². The number of fused-ring (bicyclic) bond motifs is 2. The molecule has 4 heterocycles. The molecule has 0 fully saturated rings. The monoisotopic (exact) mass is 386 g/mol. The number of amides is 1. The molecule has 1 aliphatic heterocycles. The molecule has 0 radical (unpaired) electrons. The third-order valence-corrected chi connectivity index (χ3v) is 5.07. The molecule has 1 aliphatic rings. The molecule has 1 N–H and O–H groups in total. The molecule has 0 saturated carbocycles. The van der Waals surface area contributed by atoms with E-state index in [4.69, 9.17) is 9.72 Å². The number of aromatic nitrogens is 5. The number of nitrogens with zero attached hydrogens (tertiary/aromatic N) is 5. The molecule has 0 bridgehead atoms. The highest BCUT2D eigenvalue weighted by atomic mass is 16.5. The van der Waals surface area contributed by atoms with E-state index in [1.54, 1.807) is 37.8 Å². The zero-order valence-corrected chi connectivity index (χ0v) is 15.8. The summed E-state index contributed by atoms with van der Waals surface area (Å²) >= 11 is 0. The second kappa shape index (κ2) is 6.97. The molecule has 0 unspecified atom stereocenters. The molecule has 8 heteroatoms. The first-order chi connectivity index (χ1) is 14.2. The average Bonchev–Trinajstić information content (AvgIpc) is 3.21. The summed E-state index contributed by atoms with van der Waals surface area (Å²) in [5.74, 6) is 1.25. The molecule has 0 spiro atoms. The number of rotatable bonds is 3. The van der Waals surface area contributed by atoms with Crippen molar-refractivity contribution in [3.8, 4) is 17.3 Å². The summed E-state index contributed by atoms with van der Waals surface area (Å²) in [5, 5.41) is 0. The molecule has 0 saturated heterocycles. The van der Waals surface area contributed by atoms with Gasteiger partial charge in [-0.15, -0.1) is 0 Å². The van der Waals surface area contributed by atoms with Gasteiger partial charge in [-0.1, -0.05) is 6.07 Å². The highest BCUT2D eigenvalue weighted by Crippen LogP contribution is 2.25. The summed E-state index contributed by atoms with van der Waals surface area (Å²) in [6.07, 6.45) is 5.65.